The van der Waals surface area contributed by atoms with Crippen LogP contribution in [0.5, 0.6) is 0 Å². The summed E-state index contributed by atoms with van der Waals surface area (Å²) in [6, 6.07) is 8.01. The Kier molecular flexibility index (Phi) is 17.0. The first-order chi connectivity index (χ1) is 11.9. The zero-order valence-corrected chi connectivity index (χ0v) is 18.3. The first kappa shape index (κ1) is 26.1. The molecule has 146 valence electrons. The number of benzene rings is 1. The van der Waals surface area contributed by atoms with E-state index in [1.54, 1.807) is 6.92 Å². The predicted molar refractivity (Wildman–Crippen MR) is 113 cm³/mol. The van der Waals surface area contributed by atoms with Crippen LogP contribution in [0.25, 0.3) is 0 Å². The summed E-state index contributed by atoms with van der Waals surface area (Å²) in [6.45, 7) is 16.8. The molecule has 1 aromatic carbocycles. The van der Waals surface area contributed by atoms with Gasteiger partial charge in [0, 0.05) is 0 Å². The van der Waals surface area contributed by atoms with Crippen LogP contribution < -0.4 is 5.32 Å². The normalized spacial score (nSPS) is 12.4. The van der Waals surface area contributed by atoms with Gasteiger partial charge in [-0.1, -0.05) is 92.0 Å². The van der Waals surface area contributed by atoms with E-state index in [1.165, 1.54) is 24.8 Å². The van der Waals surface area contributed by atoms with Crippen LogP contribution in [-0.4, -0.2) is 12.8 Å². The Morgan fingerprint density at radius 1 is 1.08 bits per heavy atom. The number of nitrogens with one attached hydrogen (secondary N) is 1. The van der Waals surface area contributed by atoms with Crippen molar-refractivity contribution < 1.29 is 4.79 Å². The standard InChI is InChI=1S/C14H21NO.C7H16.C2H6/c1-10(2)9-12-7-5-6-8-13(12)14(15-4)11(3)16;1-4-6-7(3)5-2;1-2/h5-8,10,14-15H,9H2,1-4H3;7H,4-6H2,1-3H3;1-2H3. The van der Waals surface area contributed by atoms with Crippen LogP contribution >= 0.6 is 0 Å². The van der Waals surface area contributed by atoms with Crippen LogP contribution in [0.3, 0.4) is 0 Å². The maximum atomic E-state index is 11.6. The minimum absolute atomic E-state index is 0.165. The molecule has 2 heteroatoms. The molecule has 2 unspecified atom stereocenters. The van der Waals surface area contributed by atoms with Crippen molar-refractivity contribution in [1.82, 2.24) is 5.32 Å². The molecule has 0 bridgehead atoms. The highest BCUT2D eigenvalue weighted by Gasteiger charge is 2.17. The fraction of sp³-hybridized carbons (Fsp3) is 0.696. The maximum absolute atomic E-state index is 11.6. The fourth-order valence-electron chi connectivity index (χ4n) is 2.72. The average molecular weight is 350 g/mol. The van der Waals surface area contributed by atoms with E-state index in [-0.39, 0.29) is 11.8 Å². The Morgan fingerprint density at radius 2 is 1.64 bits per heavy atom. The van der Waals surface area contributed by atoms with Gasteiger partial charge < -0.3 is 5.32 Å². The molecule has 1 aromatic rings. The Balaban J connectivity index is 0. The van der Waals surface area contributed by atoms with Crippen LogP contribution in [-0.2, 0) is 11.2 Å². The van der Waals surface area contributed by atoms with Crippen molar-refractivity contribution in [3.8, 4) is 0 Å². The molecule has 0 radical (unpaired) electrons. The van der Waals surface area contributed by atoms with Gasteiger partial charge in [-0.3, -0.25) is 4.79 Å². The number of rotatable bonds is 8. The highest BCUT2D eigenvalue weighted by molar-refractivity contribution is 5.83. The second-order valence-electron chi connectivity index (χ2n) is 6.93. The molecule has 0 spiro atoms. The average Bonchev–Trinajstić information content (AvgIpc) is 2.59. The summed E-state index contributed by atoms with van der Waals surface area (Å²) < 4.78 is 0. The van der Waals surface area contributed by atoms with Crippen LogP contribution in [0.4, 0.5) is 0 Å². The summed E-state index contributed by atoms with van der Waals surface area (Å²) in [7, 11) is 1.83. The summed E-state index contributed by atoms with van der Waals surface area (Å²) >= 11 is 0. The molecule has 0 aliphatic rings. The fourth-order valence-corrected chi connectivity index (χ4v) is 2.72. The van der Waals surface area contributed by atoms with Crippen molar-refractivity contribution in [1.29, 1.82) is 0 Å². The van der Waals surface area contributed by atoms with Crippen molar-refractivity contribution in [3.05, 3.63) is 35.4 Å². The first-order valence-corrected chi connectivity index (χ1v) is 10.1. The van der Waals surface area contributed by atoms with Gasteiger partial charge >= 0.3 is 0 Å². The molecule has 0 heterocycles. The van der Waals surface area contributed by atoms with E-state index < -0.39 is 0 Å². The molecule has 2 atom stereocenters. The molecule has 0 saturated heterocycles. The first-order valence-electron chi connectivity index (χ1n) is 10.1. The second kappa shape index (κ2) is 16.3. The molecule has 0 aromatic heterocycles. The summed E-state index contributed by atoms with van der Waals surface area (Å²) in [6.07, 6.45) is 5.10. The summed E-state index contributed by atoms with van der Waals surface area (Å²) in [5, 5.41) is 3.08. The summed E-state index contributed by atoms with van der Waals surface area (Å²) in [4.78, 5) is 11.6. The number of likely N-dealkylation sites (N-methyl/N-ethyl adjacent to an activating group) is 1. The van der Waals surface area contributed by atoms with Crippen molar-refractivity contribution in [3.63, 3.8) is 0 Å². The highest BCUT2D eigenvalue weighted by atomic mass is 16.1. The number of carbonyl (C=O) groups is 1. The monoisotopic (exact) mass is 349 g/mol. The minimum atomic E-state index is -0.171. The third-order valence-corrected chi connectivity index (χ3v) is 4.17. The Hall–Kier alpha value is -1.15. The second-order valence-corrected chi connectivity index (χ2v) is 6.93. The smallest absolute Gasteiger partial charge is 0.151 e. The van der Waals surface area contributed by atoms with Gasteiger partial charge in [0.25, 0.3) is 0 Å². The van der Waals surface area contributed by atoms with Crippen LogP contribution in [0.15, 0.2) is 24.3 Å². The molecular weight excluding hydrogens is 306 g/mol. The molecule has 0 aliphatic carbocycles. The maximum Gasteiger partial charge on any atom is 0.151 e. The van der Waals surface area contributed by atoms with Crippen LogP contribution in [0, 0.1) is 11.8 Å². The van der Waals surface area contributed by atoms with Crippen LogP contribution in [0.2, 0.25) is 0 Å². The topological polar surface area (TPSA) is 29.1 Å². The lowest BCUT2D eigenvalue weighted by molar-refractivity contribution is -0.119. The number of hydrogen-bond donors (Lipinski definition) is 1. The molecule has 0 amide bonds. The quantitative estimate of drug-likeness (QED) is 0.573. The van der Waals surface area contributed by atoms with Gasteiger partial charge in [-0.05, 0) is 43.4 Å². The Bertz CT molecular complexity index is 439. The molecule has 0 fully saturated rings. The number of hydrogen-bond acceptors (Lipinski definition) is 2. The van der Waals surface area contributed by atoms with Gasteiger partial charge in [0.1, 0.15) is 0 Å². The Labute approximate surface area is 157 Å². The molecule has 0 aliphatic heterocycles. The van der Waals surface area contributed by atoms with E-state index in [4.69, 9.17) is 0 Å². The summed E-state index contributed by atoms with van der Waals surface area (Å²) in [5.41, 5.74) is 2.39. The van der Waals surface area contributed by atoms with Gasteiger partial charge in [0.05, 0.1) is 6.04 Å². The number of Topliss-reactive ketones (excluding diaryl/α,β-unsaturated/α-hetero) is 1. The van der Waals surface area contributed by atoms with Gasteiger partial charge in [-0.2, -0.15) is 0 Å². The van der Waals surface area contributed by atoms with E-state index in [2.05, 4.69) is 46.0 Å². The molecule has 2 nitrogen and oxygen atoms in total. The van der Waals surface area contributed by atoms with Gasteiger partial charge in [0.15, 0.2) is 5.78 Å². The van der Waals surface area contributed by atoms with Gasteiger partial charge in [0.2, 0.25) is 0 Å². The highest BCUT2D eigenvalue weighted by Crippen LogP contribution is 2.21. The number of ketones is 1. The van der Waals surface area contributed by atoms with Crippen LogP contribution in [0.1, 0.15) is 91.8 Å². The molecular formula is C23H43NO. The van der Waals surface area contributed by atoms with Crippen molar-refractivity contribution in [2.24, 2.45) is 11.8 Å². The zero-order chi connectivity index (χ0) is 19.8. The lowest BCUT2D eigenvalue weighted by Crippen LogP contribution is -2.24. The van der Waals surface area contributed by atoms with E-state index in [0.717, 1.165) is 17.9 Å². The van der Waals surface area contributed by atoms with Crippen molar-refractivity contribution >= 4 is 5.78 Å². The van der Waals surface area contributed by atoms with Gasteiger partial charge in [-0.15, -0.1) is 0 Å². The molecule has 25 heavy (non-hydrogen) atoms. The third kappa shape index (κ3) is 11.9. The number of carbonyl (C=O) groups excluding carboxylic acids is 1. The van der Waals surface area contributed by atoms with E-state index in [9.17, 15) is 4.79 Å². The van der Waals surface area contributed by atoms with E-state index in [0.29, 0.717) is 5.92 Å². The lowest BCUT2D eigenvalue weighted by atomic mass is 9.92. The third-order valence-electron chi connectivity index (χ3n) is 4.17. The molecule has 1 N–H and O–H groups in total. The minimum Gasteiger partial charge on any atom is -0.307 e. The zero-order valence-electron chi connectivity index (χ0n) is 18.3. The Morgan fingerprint density at radius 3 is 2.00 bits per heavy atom. The molecule has 1 rings (SSSR count). The van der Waals surface area contributed by atoms with E-state index in [1.807, 2.05) is 39.1 Å². The largest absolute Gasteiger partial charge is 0.307 e. The molecule has 0 saturated carbocycles. The SMILES string of the molecule is CC.CCCC(C)CC.CNC(C(C)=O)c1ccccc1CC(C)C. The summed E-state index contributed by atoms with van der Waals surface area (Å²) in [5.74, 6) is 1.72. The van der Waals surface area contributed by atoms with Gasteiger partial charge in [-0.25, -0.2) is 0 Å². The predicted octanol–water partition coefficient (Wildman–Crippen LogP) is 6.59. The van der Waals surface area contributed by atoms with Crippen molar-refractivity contribution in [2.75, 3.05) is 7.05 Å². The lowest BCUT2D eigenvalue weighted by Gasteiger charge is -2.18. The van der Waals surface area contributed by atoms with Crippen molar-refractivity contribution in [2.45, 2.75) is 87.1 Å². The van der Waals surface area contributed by atoms with E-state index >= 15 is 0 Å².